The molecule has 5 heteroatoms. The van der Waals surface area contributed by atoms with Crippen LogP contribution < -0.4 is 10.2 Å². The largest absolute Gasteiger partial charge is 0.354 e. The molecule has 2 fully saturated rings. The van der Waals surface area contributed by atoms with Crippen LogP contribution in [0.1, 0.15) is 19.8 Å². The third-order valence-corrected chi connectivity index (χ3v) is 4.23. The fourth-order valence-electron chi connectivity index (χ4n) is 2.91. The number of rotatable bonds is 5. The van der Waals surface area contributed by atoms with Crippen LogP contribution in [0, 0.1) is 11.3 Å². The summed E-state index contributed by atoms with van der Waals surface area (Å²) in [5, 5.41) is 12.9. The van der Waals surface area contributed by atoms with Crippen LogP contribution >= 0.6 is 0 Å². The lowest BCUT2D eigenvalue weighted by Crippen LogP contribution is -2.56. The molecule has 1 atom stereocenters. The Kier molecular flexibility index (Phi) is 4.09. The summed E-state index contributed by atoms with van der Waals surface area (Å²) in [7, 11) is 0. The highest BCUT2D eigenvalue weighted by atomic mass is 15.3. The van der Waals surface area contributed by atoms with Crippen molar-refractivity contribution < 1.29 is 0 Å². The number of hydrogen-bond donors (Lipinski definition) is 1. The van der Waals surface area contributed by atoms with E-state index in [1.165, 1.54) is 12.8 Å². The second-order valence-corrected chi connectivity index (χ2v) is 6.31. The summed E-state index contributed by atoms with van der Waals surface area (Å²) >= 11 is 0. The minimum atomic E-state index is -0.422. The molecule has 2 aliphatic rings. The quantitative estimate of drug-likeness (QED) is 0.882. The van der Waals surface area contributed by atoms with E-state index in [2.05, 4.69) is 32.2 Å². The molecule has 0 amide bonds. The van der Waals surface area contributed by atoms with Gasteiger partial charge in [0, 0.05) is 45.0 Å². The first kappa shape index (κ1) is 14.3. The van der Waals surface area contributed by atoms with Crippen molar-refractivity contribution in [2.45, 2.75) is 31.3 Å². The van der Waals surface area contributed by atoms with Crippen molar-refractivity contribution in [2.75, 3.05) is 37.6 Å². The van der Waals surface area contributed by atoms with Gasteiger partial charge in [0.15, 0.2) is 0 Å². The average molecular weight is 285 g/mol. The van der Waals surface area contributed by atoms with Crippen LogP contribution in [0.2, 0.25) is 0 Å². The molecule has 21 heavy (non-hydrogen) atoms. The second-order valence-electron chi connectivity index (χ2n) is 6.31. The molecule has 1 aromatic heterocycles. The maximum Gasteiger partial charge on any atom is 0.128 e. The molecule has 5 nitrogen and oxygen atoms in total. The van der Waals surface area contributed by atoms with Crippen molar-refractivity contribution in [3.63, 3.8) is 0 Å². The van der Waals surface area contributed by atoms with E-state index in [9.17, 15) is 5.26 Å². The zero-order chi connectivity index (χ0) is 14.7. The number of anilines is 1. The van der Waals surface area contributed by atoms with Crippen molar-refractivity contribution in [3.05, 3.63) is 24.4 Å². The molecule has 0 aromatic carbocycles. The Morgan fingerprint density at radius 1 is 1.33 bits per heavy atom. The summed E-state index contributed by atoms with van der Waals surface area (Å²) in [6.45, 7) is 6.75. The van der Waals surface area contributed by atoms with E-state index in [0.29, 0.717) is 6.04 Å². The summed E-state index contributed by atoms with van der Waals surface area (Å²) in [6, 6.07) is 9.06. The standard InChI is InChI=1S/C16H23N5/c1-16(12-17,19-14-5-6-14)13-20-8-10-21(11-9-20)15-4-2-3-7-18-15/h2-4,7,14,19H,5-6,8-11,13H2,1H3. The van der Waals surface area contributed by atoms with E-state index in [0.717, 1.165) is 38.5 Å². The van der Waals surface area contributed by atoms with E-state index in [1.54, 1.807) is 0 Å². The minimum absolute atomic E-state index is 0.422. The maximum atomic E-state index is 9.46. The fourth-order valence-corrected chi connectivity index (χ4v) is 2.91. The predicted octanol–water partition coefficient (Wildman–Crippen LogP) is 1.24. The van der Waals surface area contributed by atoms with E-state index in [-0.39, 0.29) is 0 Å². The lowest BCUT2D eigenvalue weighted by Gasteiger charge is -2.38. The van der Waals surface area contributed by atoms with Gasteiger partial charge >= 0.3 is 0 Å². The molecule has 3 rings (SSSR count). The molecule has 1 N–H and O–H groups in total. The van der Waals surface area contributed by atoms with Gasteiger partial charge in [0.05, 0.1) is 6.07 Å². The van der Waals surface area contributed by atoms with Crippen LogP contribution in [0.5, 0.6) is 0 Å². The normalized spacial score (nSPS) is 22.6. The number of nitriles is 1. The Hall–Kier alpha value is -1.64. The Morgan fingerprint density at radius 2 is 2.10 bits per heavy atom. The molecule has 1 aliphatic carbocycles. The third-order valence-electron chi connectivity index (χ3n) is 4.23. The first-order valence-electron chi connectivity index (χ1n) is 7.76. The van der Waals surface area contributed by atoms with E-state index in [4.69, 9.17) is 0 Å². The monoisotopic (exact) mass is 285 g/mol. The maximum absolute atomic E-state index is 9.46. The Bertz CT molecular complexity index is 499. The number of nitrogens with zero attached hydrogens (tertiary/aromatic N) is 4. The van der Waals surface area contributed by atoms with Gasteiger partial charge < -0.3 is 4.90 Å². The summed E-state index contributed by atoms with van der Waals surface area (Å²) in [5.41, 5.74) is -0.422. The van der Waals surface area contributed by atoms with Gasteiger partial charge in [-0.15, -0.1) is 0 Å². The van der Waals surface area contributed by atoms with E-state index >= 15 is 0 Å². The van der Waals surface area contributed by atoms with Gasteiger partial charge in [0.2, 0.25) is 0 Å². The van der Waals surface area contributed by atoms with Gasteiger partial charge in [-0.1, -0.05) is 6.07 Å². The molecule has 2 heterocycles. The fraction of sp³-hybridized carbons (Fsp3) is 0.625. The van der Waals surface area contributed by atoms with Crippen molar-refractivity contribution >= 4 is 5.82 Å². The topological polar surface area (TPSA) is 55.2 Å². The molecule has 1 aliphatic heterocycles. The van der Waals surface area contributed by atoms with Gasteiger partial charge in [0.25, 0.3) is 0 Å². The van der Waals surface area contributed by atoms with Crippen LogP contribution in [0.4, 0.5) is 5.82 Å². The molecule has 1 unspecified atom stereocenters. The SMILES string of the molecule is CC(C#N)(CN1CCN(c2ccccn2)CC1)NC1CC1. The van der Waals surface area contributed by atoms with E-state index in [1.807, 2.05) is 25.3 Å². The average Bonchev–Trinajstić information content (AvgIpc) is 3.32. The number of hydrogen-bond acceptors (Lipinski definition) is 5. The van der Waals surface area contributed by atoms with Crippen molar-refractivity contribution in [1.82, 2.24) is 15.2 Å². The molecule has 1 saturated carbocycles. The Labute approximate surface area is 126 Å². The minimum Gasteiger partial charge on any atom is -0.354 e. The van der Waals surface area contributed by atoms with Gasteiger partial charge in [-0.3, -0.25) is 10.2 Å². The van der Waals surface area contributed by atoms with Crippen LogP contribution in [-0.2, 0) is 0 Å². The van der Waals surface area contributed by atoms with Gasteiger partial charge in [-0.2, -0.15) is 5.26 Å². The molecular weight excluding hydrogens is 262 g/mol. The number of nitrogens with one attached hydrogen (secondary N) is 1. The lowest BCUT2D eigenvalue weighted by molar-refractivity contribution is 0.207. The first-order chi connectivity index (χ1) is 10.2. The first-order valence-corrected chi connectivity index (χ1v) is 7.76. The highest BCUT2D eigenvalue weighted by Crippen LogP contribution is 2.23. The molecule has 0 bridgehead atoms. The second kappa shape index (κ2) is 6.00. The van der Waals surface area contributed by atoms with E-state index < -0.39 is 5.54 Å². The van der Waals surface area contributed by atoms with Crippen LogP contribution in [-0.4, -0.2) is 54.2 Å². The molecule has 112 valence electrons. The Balaban J connectivity index is 1.52. The lowest BCUT2D eigenvalue weighted by atomic mass is 10.0. The summed E-state index contributed by atoms with van der Waals surface area (Å²) in [5.74, 6) is 1.05. The molecule has 0 spiro atoms. The van der Waals surface area contributed by atoms with Crippen molar-refractivity contribution in [1.29, 1.82) is 5.26 Å². The predicted molar refractivity (Wildman–Crippen MR) is 83.1 cm³/mol. The summed E-state index contributed by atoms with van der Waals surface area (Å²) in [6.07, 6.45) is 4.27. The zero-order valence-electron chi connectivity index (χ0n) is 12.6. The number of piperazine rings is 1. The smallest absolute Gasteiger partial charge is 0.128 e. The van der Waals surface area contributed by atoms with Crippen molar-refractivity contribution in [3.8, 4) is 6.07 Å². The number of aromatic nitrogens is 1. The highest BCUT2D eigenvalue weighted by molar-refractivity contribution is 5.38. The van der Waals surface area contributed by atoms with Crippen LogP contribution in [0.15, 0.2) is 24.4 Å². The zero-order valence-corrected chi connectivity index (χ0v) is 12.6. The number of pyridine rings is 1. The third kappa shape index (κ3) is 3.72. The highest BCUT2D eigenvalue weighted by Gasteiger charge is 2.34. The molecule has 0 radical (unpaired) electrons. The van der Waals surface area contributed by atoms with Crippen molar-refractivity contribution in [2.24, 2.45) is 0 Å². The Morgan fingerprint density at radius 3 is 2.67 bits per heavy atom. The molecule has 1 saturated heterocycles. The summed E-state index contributed by atoms with van der Waals surface area (Å²) < 4.78 is 0. The van der Waals surface area contributed by atoms with Gasteiger partial charge in [-0.25, -0.2) is 4.98 Å². The molecule has 1 aromatic rings. The van der Waals surface area contributed by atoms with Gasteiger partial charge in [0.1, 0.15) is 11.4 Å². The van der Waals surface area contributed by atoms with Crippen LogP contribution in [0.25, 0.3) is 0 Å². The molecular formula is C16H23N5. The van der Waals surface area contributed by atoms with Crippen LogP contribution in [0.3, 0.4) is 0 Å². The van der Waals surface area contributed by atoms with Gasteiger partial charge in [-0.05, 0) is 31.9 Å². The summed E-state index contributed by atoms with van der Waals surface area (Å²) in [4.78, 5) is 9.11.